The Bertz CT molecular complexity index is 906. The minimum absolute atomic E-state index is 0.0447. The van der Waals surface area contributed by atoms with Gasteiger partial charge in [-0.3, -0.25) is 9.69 Å². The fourth-order valence-corrected chi connectivity index (χ4v) is 4.21. The van der Waals surface area contributed by atoms with Gasteiger partial charge in [-0.15, -0.1) is 0 Å². The van der Waals surface area contributed by atoms with Crippen LogP contribution in [-0.2, 0) is 17.9 Å². The van der Waals surface area contributed by atoms with Gasteiger partial charge < -0.3 is 19.5 Å². The number of piperidine rings is 1. The third kappa shape index (κ3) is 6.60. The van der Waals surface area contributed by atoms with E-state index < -0.39 is 0 Å². The van der Waals surface area contributed by atoms with Crippen molar-refractivity contribution in [1.82, 2.24) is 10.2 Å². The van der Waals surface area contributed by atoms with Crippen LogP contribution in [0.3, 0.4) is 0 Å². The molecule has 1 aliphatic rings. The number of rotatable bonds is 10. The molecule has 0 radical (unpaired) electrons. The lowest BCUT2D eigenvalue weighted by molar-refractivity contribution is -0.121. The summed E-state index contributed by atoms with van der Waals surface area (Å²) in [5, 5.41) is 3.00. The van der Waals surface area contributed by atoms with Gasteiger partial charge in [0.05, 0.1) is 21.3 Å². The number of carbonyl (C=O) groups is 1. The second kappa shape index (κ2) is 11.7. The first-order chi connectivity index (χ1) is 15.5. The van der Waals surface area contributed by atoms with Crippen molar-refractivity contribution >= 4 is 5.91 Å². The molecule has 0 aromatic heterocycles. The fraction of sp³-hybridized carbons (Fsp3) is 0.480. The molecule has 1 atom stereocenters. The number of carbonyl (C=O) groups excluding carboxylic acids is 1. The zero-order valence-electron chi connectivity index (χ0n) is 19.2. The van der Waals surface area contributed by atoms with Crippen LogP contribution in [0.25, 0.3) is 0 Å². The normalized spacial score (nSPS) is 16.4. The van der Waals surface area contributed by atoms with Gasteiger partial charge >= 0.3 is 0 Å². The molecule has 1 amide bonds. The first-order valence-corrected chi connectivity index (χ1v) is 11.0. The van der Waals surface area contributed by atoms with E-state index >= 15 is 0 Å². The lowest BCUT2D eigenvalue weighted by Gasteiger charge is -2.32. The van der Waals surface area contributed by atoms with E-state index in [2.05, 4.69) is 10.2 Å². The lowest BCUT2D eigenvalue weighted by atomic mass is 9.93. The Morgan fingerprint density at radius 3 is 2.66 bits per heavy atom. The molecule has 0 bridgehead atoms. The van der Waals surface area contributed by atoms with E-state index in [9.17, 15) is 9.18 Å². The van der Waals surface area contributed by atoms with E-state index in [-0.39, 0.29) is 17.5 Å². The average molecular weight is 445 g/mol. The molecule has 1 N–H and O–H groups in total. The topological polar surface area (TPSA) is 60.0 Å². The molecular formula is C25H33FN2O4. The number of likely N-dealkylation sites (tertiary alicyclic amines) is 1. The van der Waals surface area contributed by atoms with Crippen molar-refractivity contribution < 1.29 is 23.4 Å². The Labute approximate surface area is 189 Å². The lowest BCUT2D eigenvalue weighted by Crippen LogP contribution is -2.35. The third-order valence-corrected chi connectivity index (χ3v) is 5.97. The number of ether oxygens (including phenoxy) is 3. The Kier molecular flexibility index (Phi) is 8.73. The standard InChI is InChI=1S/C25H33FN2O4/c1-30-21-9-8-20(23(14-21)31-2)15-27-25(29)11-7-18-5-4-12-28(16-18)17-19-6-10-22(26)24(13-19)32-3/h6,8-10,13-14,18H,4-5,7,11-12,15-17H2,1-3H3,(H,27,29)/t18-/m0/s1. The molecular weight excluding hydrogens is 411 g/mol. The van der Waals surface area contributed by atoms with Crippen LogP contribution in [0, 0.1) is 11.7 Å². The number of hydrogen-bond acceptors (Lipinski definition) is 5. The smallest absolute Gasteiger partial charge is 0.220 e. The van der Waals surface area contributed by atoms with Crippen LogP contribution in [-0.4, -0.2) is 45.2 Å². The quantitative estimate of drug-likeness (QED) is 0.596. The van der Waals surface area contributed by atoms with Crippen molar-refractivity contribution in [3.8, 4) is 17.2 Å². The maximum absolute atomic E-state index is 13.6. The van der Waals surface area contributed by atoms with E-state index in [1.54, 1.807) is 20.3 Å². The third-order valence-electron chi connectivity index (χ3n) is 5.97. The van der Waals surface area contributed by atoms with Crippen molar-refractivity contribution in [2.75, 3.05) is 34.4 Å². The maximum Gasteiger partial charge on any atom is 0.220 e. The minimum atomic E-state index is -0.342. The molecule has 1 saturated heterocycles. The predicted molar refractivity (Wildman–Crippen MR) is 122 cm³/mol. The molecule has 1 aliphatic heterocycles. The van der Waals surface area contributed by atoms with Crippen molar-refractivity contribution in [3.63, 3.8) is 0 Å². The molecule has 32 heavy (non-hydrogen) atoms. The molecule has 1 fully saturated rings. The van der Waals surface area contributed by atoms with Crippen LogP contribution in [0.5, 0.6) is 17.2 Å². The number of nitrogens with one attached hydrogen (secondary N) is 1. The van der Waals surface area contributed by atoms with E-state index in [4.69, 9.17) is 14.2 Å². The number of nitrogens with zero attached hydrogens (tertiary/aromatic N) is 1. The van der Waals surface area contributed by atoms with E-state index in [1.807, 2.05) is 24.3 Å². The molecule has 174 valence electrons. The summed E-state index contributed by atoms with van der Waals surface area (Å²) in [5.74, 6) is 1.88. The highest BCUT2D eigenvalue weighted by atomic mass is 19.1. The molecule has 0 unspecified atom stereocenters. The zero-order valence-corrected chi connectivity index (χ0v) is 19.2. The van der Waals surface area contributed by atoms with Crippen LogP contribution in [0.1, 0.15) is 36.8 Å². The second-order valence-electron chi connectivity index (χ2n) is 8.21. The number of benzene rings is 2. The maximum atomic E-state index is 13.6. The monoisotopic (exact) mass is 444 g/mol. The molecule has 3 rings (SSSR count). The van der Waals surface area contributed by atoms with Crippen LogP contribution < -0.4 is 19.5 Å². The number of hydrogen-bond donors (Lipinski definition) is 1. The SMILES string of the molecule is COc1ccc(CNC(=O)CC[C@@H]2CCCN(Cc3ccc(F)c(OC)c3)C2)c(OC)c1. The summed E-state index contributed by atoms with van der Waals surface area (Å²) in [4.78, 5) is 14.8. The van der Waals surface area contributed by atoms with Crippen LogP contribution in [0.4, 0.5) is 4.39 Å². The Morgan fingerprint density at radius 1 is 1.09 bits per heavy atom. The molecule has 1 heterocycles. The van der Waals surface area contributed by atoms with E-state index in [0.29, 0.717) is 24.6 Å². The average Bonchev–Trinajstić information content (AvgIpc) is 2.82. The zero-order chi connectivity index (χ0) is 22.9. The van der Waals surface area contributed by atoms with Crippen LogP contribution in [0.15, 0.2) is 36.4 Å². The van der Waals surface area contributed by atoms with Crippen LogP contribution in [0.2, 0.25) is 0 Å². The van der Waals surface area contributed by atoms with Crippen LogP contribution >= 0.6 is 0 Å². The number of halogens is 1. The molecule has 0 aliphatic carbocycles. The summed E-state index contributed by atoms with van der Waals surface area (Å²) in [5.41, 5.74) is 1.95. The van der Waals surface area contributed by atoms with Crippen molar-refractivity contribution in [2.24, 2.45) is 5.92 Å². The Balaban J connectivity index is 1.45. The fourth-order valence-electron chi connectivity index (χ4n) is 4.21. The first kappa shape index (κ1) is 23.9. The van der Waals surface area contributed by atoms with Gasteiger partial charge in [-0.2, -0.15) is 0 Å². The highest BCUT2D eigenvalue weighted by Gasteiger charge is 2.21. The molecule has 0 spiro atoms. The first-order valence-electron chi connectivity index (χ1n) is 11.0. The summed E-state index contributed by atoms with van der Waals surface area (Å²) in [6, 6.07) is 10.6. The van der Waals surface area contributed by atoms with Crippen molar-refractivity contribution in [2.45, 2.75) is 38.8 Å². The summed E-state index contributed by atoms with van der Waals surface area (Å²) in [6.45, 7) is 3.14. The highest BCUT2D eigenvalue weighted by Crippen LogP contribution is 2.26. The molecule has 7 heteroatoms. The molecule has 0 saturated carbocycles. The molecule has 2 aromatic carbocycles. The van der Waals surface area contributed by atoms with Gasteiger partial charge in [0.25, 0.3) is 0 Å². The van der Waals surface area contributed by atoms with Gasteiger partial charge in [0.1, 0.15) is 11.5 Å². The van der Waals surface area contributed by atoms with E-state index in [1.165, 1.54) is 13.2 Å². The van der Waals surface area contributed by atoms with Crippen molar-refractivity contribution in [1.29, 1.82) is 0 Å². The number of amides is 1. The summed E-state index contributed by atoms with van der Waals surface area (Å²) in [6.07, 6.45) is 3.59. The van der Waals surface area contributed by atoms with Gasteiger partial charge in [-0.1, -0.05) is 6.07 Å². The van der Waals surface area contributed by atoms with Gasteiger partial charge in [0.2, 0.25) is 5.91 Å². The van der Waals surface area contributed by atoms with Gasteiger partial charge in [0, 0.05) is 37.7 Å². The second-order valence-corrected chi connectivity index (χ2v) is 8.21. The Morgan fingerprint density at radius 2 is 1.91 bits per heavy atom. The van der Waals surface area contributed by atoms with Gasteiger partial charge in [-0.25, -0.2) is 4.39 Å². The van der Waals surface area contributed by atoms with Gasteiger partial charge in [-0.05, 0) is 61.6 Å². The molecule has 2 aromatic rings. The minimum Gasteiger partial charge on any atom is -0.497 e. The highest BCUT2D eigenvalue weighted by molar-refractivity contribution is 5.75. The summed E-state index contributed by atoms with van der Waals surface area (Å²) in [7, 11) is 4.70. The molecule has 6 nitrogen and oxygen atoms in total. The van der Waals surface area contributed by atoms with Gasteiger partial charge in [0.15, 0.2) is 11.6 Å². The predicted octanol–water partition coefficient (Wildman–Crippen LogP) is 4.16. The van der Waals surface area contributed by atoms with E-state index in [0.717, 1.165) is 55.8 Å². The Hall–Kier alpha value is -2.80. The van der Waals surface area contributed by atoms with Crippen molar-refractivity contribution in [3.05, 3.63) is 53.3 Å². The largest absolute Gasteiger partial charge is 0.497 e. The summed E-state index contributed by atoms with van der Waals surface area (Å²) < 4.78 is 29.3. The summed E-state index contributed by atoms with van der Waals surface area (Å²) >= 11 is 0. The number of methoxy groups -OCH3 is 3.